The van der Waals surface area contributed by atoms with Gasteiger partial charge in [0.25, 0.3) is 0 Å². The number of amides is 2. The Morgan fingerprint density at radius 3 is 2.54 bits per heavy atom. The van der Waals surface area contributed by atoms with Gasteiger partial charge >= 0.3 is 5.97 Å². The molecule has 234 valence electrons. The second-order valence-electron chi connectivity index (χ2n) is 11.9. The van der Waals surface area contributed by atoms with E-state index in [1.54, 1.807) is 54.2 Å². The van der Waals surface area contributed by atoms with Crippen LogP contribution in [0.5, 0.6) is 0 Å². The van der Waals surface area contributed by atoms with Crippen molar-refractivity contribution in [3.8, 4) is 11.5 Å². The molecule has 46 heavy (non-hydrogen) atoms. The summed E-state index contributed by atoms with van der Waals surface area (Å²) in [6.07, 6.45) is 2.10. The van der Waals surface area contributed by atoms with Crippen molar-refractivity contribution < 1.29 is 23.9 Å². The maximum Gasteiger partial charge on any atom is 0.328 e. The molecule has 1 aliphatic rings. The topological polar surface area (TPSA) is 178 Å². The number of halogens is 1. The fraction of sp³-hybridized carbons (Fsp3) is 0.242. The highest BCUT2D eigenvalue weighted by atomic mass is 19.1. The zero-order chi connectivity index (χ0) is 32.8. The quantitative estimate of drug-likeness (QED) is 0.190. The van der Waals surface area contributed by atoms with Gasteiger partial charge in [0.15, 0.2) is 11.5 Å². The lowest BCUT2D eigenvalue weighted by Crippen LogP contribution is -2.49. The molecule has 1 unspecified atom stereocenters. The van der Waals surface area contributed by atoms with Gasteiger partial charge in [-0.15, -0.1) is 0 Å². The third-order valence-electron chi connectivity index (χ3n) is 8.28. The zero-order valence-electron chi connectivity index (χ0n) is 25.3. The minimum Gasteiger partial charge on any atom is -0.480 e. The first-order chi connectivity index (χ1) is 21.9. The summed E-state index contributed by atoms with van der Waals surface area (Å²) in [4.78, 5) is 50.8. The van der Waals surface area contributed by atoms with Gasteiger partial charge < -0.3 is 21.5 Å². The molecule has 0 fully saturated rings. The molecule has 0 radical (unpaired) electrons. The van der Waals surface area contributed by atoms with Crippen LogP contribution in [0.1, 0.15) is 49.4 Å². The number of nitrogen functional groups attached to an aromatic ring is 1. The van der Waals surface area contributed by atoms with E-state index < -0.39 is 16.9 Å². The third kappa shape index (κ3) is 5.29. The minimum absolute atomic E-state index is 0.0977. The maximum absolute atomic E-state index is 14.5. The number of anilines is 2. The van der Waals surface area contributed by atoms with Crippen molar-refractivity contribution in [3.63, 3.8) is 0 Å². The van der Waals surface area contributed by atoms with Crippen LogP contribution in [0.4, 0.5) is 16.0 Å². The van der Waals surface area contributed by atoms with Crippen LogP contribution in [0.15, 0.2) is 66.9 Å². The van der Waals surface area contributed by atoms with Gasteiger partial charge in [0.2, 0.25) is 11.8 Å². The molecule has 1 atom stereocenters. The van der Waals surface area contributed by atoms with Crippen molar-refractivity contribution in [2.24, 2.45) is 0 Å². The molecule has 0 bridgehead atoms. The Morgan fingerprint density at radius 1 is 1.09 bits per heavy atom. The number of rotatable bonds is 9. The molecule has 2 aromatic carbocycles. The number of hydrogen-bond acceptors (Lipinski definition) is 8. The van der Waals surface area contributed by atoms with Crippen molar-refractivity contribution in [3.05, 3.63) is 94.9 Å². The molecule has 13 heteroatoms. The van der Waals surface area contributed by atoms with Crippen molar-refractivity contribution >= 4 is 40.5 Å². The molecule has 3 aromatic heterocycles. The Morgan fingerprint density at radius 2 is 1.83 bits per heavy atom. The number of aryl methyl sites for hydroxylation is 1. The van der Waals surface area contributed by atoms with Crippen LogP contribution in [0.25, 0.3) is 22.6 Å². The lowest BCUT2D eigenvalue weighted by atomic mass is 9.77. The number of benzene rings is 2. The summed E-state index contributed by atoms with van der Waals surface area (Å²) in [5.74, 6) is -1.65. The average Bonchev–Trinajstić information content (AvgIpc) is 3.51. The van der Waals surface area contributed by atoms with E-state index in [9.17, 15) is 23.9 Å². The standard InChI is InChI=1S/C33H31FN8O4/c1-32(2,31(45)46)40-23(43)15-12-18-10-13-20(14-11-18)33(3)24-26(35)37-28(38-27(24)39-30(33)44)25-21-8-6-16-36-29(21)42(41-25)17-19-7-4-5-9-22(19)34/h4-11,13-14,16H,12,15,17H2,1-3H3,(H,40,43)(H,45,46)(H3,35,37,38,39,44). The van der Waals surface area contributed by atoms with E-state index in [4.69, 9.17) is 5.73 Å². The molecule has 0 saturated heterocycles. The van der Waals surface area contributed by atoms with Crippen LogP contribution in [0.3, 0.4) is 0 Å². The fourth-order valence-electron chi connectivity index (χ4n) is 5.59. The van der Waals surface area contributed by atoms with E-state index in [-0.39, 0.29) is 48.1 Å². The Balaban J connectivity index is 1.28. The first-order valence-electron chi connectivity index (χ1n) is 14.6. The van der Waals surface area contributed by atoms with Gasteiger partial charge in [-0.2, -0.15) is 5.10 Å². The van der Waals surface area contributed by atoms with Gasteiger partial charge in [-0.3, -0.25) is 9.59 Å². The predicted octanol–water partition coefficient (Wildman–Crippen LogP) is 3.83. The molecule has 4 heterocycles. The fourth-order valence-corrected chi connectivity index (χ4v) is 5.59. The summed E-state index contributed by atoms with van der Waals surface area (Å²) in [6, 6.07) is 17.2. The predicted molar refractivity (Wildman–Crippen MR) is 168 cm³/mol. The lowest BCUT2D eigenvalue weighted by molar-refractivity contribution is -0.146. The van der Waals surface area contributed by atoms with Gasteiger partial charge in [0.1, 0.15) is 34.1 Å². The number of hydrogen-bond donors (Lipinski definition) is 4. The van der Waals surface area contributed by atoms with Gasteiger partial charge in [-0.25, -0.2) is 28.8 Å². The number of nitrogens with two attached hydrogens (primary N) is 1. The summed E-state index contributed by atoms with van der Waals surface area (Å²) >= 11 is 0. The molecule has 5 aromatic rings. The number of nitrogens with zero attached hydrogens (tertiary/aromatic N) is 5. The lowest BCUT2D eigenvalue weighted by Gasteiger charge is -2.24. The van der Waals surface area contributed by atoms with Crippen LogP contribution in [0.2, 0.25) is 0 Å². The Hall–Kier alpha value is -5.72. The van der Waals surface area contributed by atoms with Gasteiger partial charge in [-0.05, 0) is 56.5 Å². The zero-order valence-corrected chi connectivity index (χ0v) is 25.3. The van der Waals surface area contributed by atoms with Crippen molar-refractivity contribution in [1.29, 1.82) is 0 Å². The summed E-state index contributed by atoms with van der Waals surface area (Å²) in [5.41, 5.74) is 7.22. The van der Waals surface area contributed by atoms with E-state index in [0.717, 1.165) is 5.56 Å². The van der Waals surface area contributed by atoms with Gasteiger partial charge in [0.05, 0.1) is 17.5 Å². The maximum atomic E-state index is 14.5. The van der Waals surface area contributed by atoms with Crippen molar-refractivity contribution in [1.82, 2.24) is 30.0 Å². The molecule has 2 amide bonds. The van der Waals surface area contributed by atoms with Crippen LogP contribution < -0.4 is 16.4 Å². The number of pyridine rings is 1. The van der Waals surface area contributed by atoms with E-state index in [1.165, 1.54) is 19.9 Å². The molecule has 5 N–H and O–H groups in total. The first kappa shape index (κ1) is 30.3. The Labute approximate surface area is 262 Å². The second kappa shape index (κ2) is 11.3. The molecular weight excluding hydrogens is 591 g/mol. The Bertz CT molecular complexity index is 2020. The first-order valence-corrected chi connectivity index (χ1v) is 14.6. The third-order valence-corrected chi connectivity index (χ3v) is 8.28. The van der Waals surface area contributed by atoms with Gasteiger partial charge in [0, 0.05) is 18.2 Å². The molecule has 1 aliphatic heterocycles. The molecule has 6 rings (SSSR count). The molecular formula is C33H31FN8O4. The second-order valence-corrected chi connectivity index (χ2v) is 11.9. The monoisotopic (exact) mass is 622 g/mol. The number of aliphatic carboxylic acids is 1. The van der Waals surface area contributed by atoms with Crippen LogP contribution in [0, 0.1) is 5.82 Å². The molecule has 0 aliphatic carbocycles. The highest BCUT2D eigenvalue weighted by Gasteiger charge is 2.47. The van der Waals surface area contributed by atoms with Crippen LogP contribution in [-0.2, 0) is 32.8 Å². The molecule has 12 nitrogen and oxygen atoms in total. The normalized spacial score (nSPS) is 15.9. The minimum atomic E-state index is -1.37. The van der Waals surface area contributed by atoms with Gasteiger partial charge in [-0.1, -0.05) is 42.5 Å². The number of carboxylic acids is 1. The number of carbonyl (C=O) groups is 3. The van der Waals surface area contributed by atoms with Crippen LogP contribution >= 0.6 is 0 Å². The smallest absolute Gasteiger partial charge is 0.328 e. The van der Waals surface area contributed by atoms with Crippen molar-refractivity contribution in [2.75, 3.05) is 11.1 Å². The summed E-state index contributed by atoms with van der Waals surface area (Å²) in [7, 11) is 0. The Kier molecular flexibility index (Phi) is 7.47. The van der Waals surface area contributed by atoms with E-state index in [0.29, 0.717) is 39.8 Å². The van der Waals surface area contributed by atoms with Crippen molar-refractivity contribution in [2.45, 2.75) is 51.1 Å². The largest absolute Gasteiger partial charge is 0.480 e. The highest BCUT2D eigenvalue weighted by Crippen LogP contribution is 2.45. The summed E-state index contributed by atoms with van der Waals surface area (Å²) < 4.78 is 16.0. The number of fused-ring (bicyclic) bond motifs is 2. The average molecular weight is 623 g/mol. The number of carboxylic acid groups (broad SMARTS) is 1. The number of aromatic nitrogens is 5. The van der Waals surface area contributed by atoms with Crippen LogP contribution in [-0.4, -0.2) is 53.2 Å². The number of nitrogens with one attached hydrogen (secondary N) is 2. The summed E-state index contributed by atoms with van der Waals surface area (Å²) in [6.45, 7) is 4.72. The van der Waals surface area contributed by atoms with E-state index >= 15 is 0 Å². The van der Waals surface area contributed by atoms with E-state index in [2.05, 4.69) is 30.7 Å². The number of carbonyl (C=O) groups excluding carboxylic acids is 2. The molecule has 0 spiro atoms. The SMILES string of the molecule is CC(C)(NC(=O)CCc1ccc(C2(C)C(=O)Nc3nc(-c4nn(Cc5ccccc5F)c5ncccc45)nc(N)c32)cc1)C(=O)O. The molecule has 0 saturated carbocycles. The van der Waals surface area contributed by atoms with E-state index in [1.807, 2.05) is 18.2 Å². The summed E-state index contributed by atoms with van der Waals surface area (Å²) in [5, 5.41) is 19.9. The highest BCUT2D eigenvalue weighted by molar-refractivity contribution is 6.09.